The van der Waals surface area contributed by atoms with E-state index in [1.807, 2.05) is 36.4 Å². The highest BCUT2D eigenvalue weighted by atomic mass is 32.1. The number of hydrogen-bond acceptors (Lipinski definition) is 4. The zero-order valence-electron chi connectivity index (χ0n) is 15.9. The number of hydrogen-bond donors (Lipinski definition) is 1. The van der Waals surface area contributed by atoms with Crippen molar-refractivity contribution in [1.82, 2.24) is 15.1 Å². The Morgan fingerprint density at radius 1 is 1.00 bits per heavy atom. The molecule has 1 aromatic heterocycles. The lowest BCUT2D eigenvalue weighted by Gasteiger charge is -2.34. The highest BCUT2D eigenvalue weighted by molar-refractivity contribution is 7.20. The summed E-state index contributed by atoms with van der Waals surface area (Å²) in [7, 11) is 0. The molecule has 1 aliphatic rings. The maximum Gasteiger partial charge on any atom is 0.264 e. The van der Waals surface area contributed by atoms with Crippen molar-refractivity contribution in [3.05, 3.63) is 70.9 Å². The normalized spacial score (nSPS) is 14.9. The van der Waals surface area contributed by atoms with Crippen molar-refractivity contribution in [2.24, 2.45) is 0 Å². The van der Waals surface area contributed by atoms with E-state index in [-0.39, 0.29) is 17.6 Å². The first-order valence-corrected chi connectivity index (χ1v) is 10.4. The van der Waals surface area contributed by atoms with Crippen LogP contribution in [0.3, 0.4) is 0 Å². The summed E-state index contributed by atoms with van der Waals surface area (Å²) < 4.78 is 14.7. The second-order valence-corrected chi connectivity index (χ2v) is 8.18. The summed E-state index contributed by atoms with van der Waals surface area (Å²) in [4.78, 5) is 29.4. The van der Waals surface area contributed by atoms with Crippen molar-refractivity contribution in [2.45, 2.75) is 6.54 Å². The number of piperazine rings is 1. The first-order valence-electron chi connectivity index (χ1n) is 9.60. The van der Waals surface area contributed by atoms with Crippen molar-refractivity contribution in [1.29, 1.82) is 0 Å². The summed E-state index contributed by atoms with van der Waals surface area (Å²) in [6, 6.07) is 16.3. The minimum atomic E-state index is -0.302. The van der Waals surface area contributed by atoms with Gasteiger partial charge in [-0.25, -0.2) is 4.39 Å². The van der Waals surface area contributed by atoms with Crippen LogP contribution in [0.5, 0.6) is 0 Å². The molecule has 0 bridgehead atoms. The van der Waals surface area contributed by atoms with Crippen molar-refractivity contribution < 1.29 is 14.0 Å². The van der Waals surface area contributed by atoms with Gasteiger partial charge in [-0.1, -0.05) is 36.4 Å². The highest BCUT2D eigenvalue weighted by Gasteiger charge is 2.24. The molecule has 2 heterocycles. The largest absolute Gasteiger partial charge is 0.351 e. The van der Waals surface area contributed by atoms with Crippen LogP contribution in [0.4, 0.5) is 4.39 Å². The molecular formula is C22H22FN3O2S. The van der Waals surface area contributed by atoms with Gasteiger partial charge in [-0.3, -0.25) is 14.5 Å². The lowest BCUT2D eigenvalue weighted by Crippen LogP contribution is -2.51. The molecule has 4 rings (SSSR count). The van der Waals surface area contributed by atoms with E-state index < -0.39 is 0 Å². The van der Waals surface area contributed by atoms with Crippen LogP contribution in [-0.4, -0.2) is 54.3 Å². The van der Waals surface area contributed by atoms with Gasteiger partial charge < -0.3 is 10.2 Å². The Bertz CT molecular complexity index is 1010. The van der Waals surface area contributed by atoms with Gasteiger partial charge in [-0.2, -0.15) is 0 Å². The van der Waals surface area contributed by atoms with Gasteiger partial charge in [0.25, 0.3) is 5.91 Å². The molecule has 0 spiro atoms. The predicted octanol–water partition coefficient (Wildman–Crippen LogP) is 3.11. The first-order chi connectivity index (χ1) is 14.1. The number of nitrogens with one attached hydrogen (secondary N) is 1. The van der Waals surface area contributed by atoms with Crippen molar-refractivity contribution in [3.8, 4) is 0 Å². The molecule has 1 aliphatic heterocycles. The SMILES string of the molecule is O=C(CN1CCN(C(=O)c2cc3c(F)cccc3s2)CC1)NCc1ccccc1. The number of carbonyl (C=O) groups is 2. The zero-order valence-corrected chi connectivity index (χ0v) is 16.8. The average Bonchev–Trinajstić information content (AvgIpc) is 3.19. The fourth-order valence-electron chi connectivity index (χ4n) is 3.45. The van der Waals surface area contributed by atoms with E-state index >= 15 is 0 Å². The van der Waals surface area contributed by atoms with Gasteiger partial charge >= 0.3 is 0 Å². The maximum absolute atomic E-state index is 13.9. The van der Waals surface area contributed by atoms with Crippen molar-refractivity contribution in [3.63, 3.8) is 0 Å². The predicted molar refractivity (Wildman–Crippen MR) is 112 cm³/mol. The number of halogens is 1. The van der Waals surface area contributed by atoms with E-state index in [2.05, 4.69) is 10.2 Å². The monoisotopic (exact) mass is 411 g/mol. The molecule has 0 unspecified atom stereocenters. The van der Waals surface area contributed by atoms with Crippen LogP contribution < -0.4 is 5.32 Å². The molecular weight excluding hydrogens is 389 g/mol. The molecule has 1 fully saturated rings. The van der Waals surface area contributed by atoms with Gasteiger partial charge in [0.05, 0.1) is 11.4 Å². The summed E-state index contributed by atoms with van der Waals surface area (Å²) >= 11 is 1.32. The van der Waals surface area contributed by atoms with Crippen LogP contribution in [0.25, 0.3) is 10.1 Å². The van der Waals surface area contributed by atoms with Gasteiger partial charge in [-0.05, 0) is 23.8 Å². The quantitative estimate of drug-likeness (QED) is 0.702. The van der Waals surface area contributed by atoms with E-state index in [1.54, 1.807) is 17.0 Å². The molecule has 0 saturated carbocycles. The standard InChI is InChI=1S/C22H22FN3O2S/c23-18-7-4-8-19-17(18)13-20(29-19)22(28)26-11-9-25(10-12-26)15-21(27)24-14-16-5-2-1-3-6-16/h1-8,13H,9-12,14-15H2,(H,24,27). The number of nitrogens with zero attached hydrogens (tertiary/aromatic N) is 2. The Balaban J connectivity index is 1.28. The summed E-state index contributed by atoms with van der Waals surface area (Å²) in [6.07, 6.45) is 0. The molecule has 0 radical (unpaired) electrons. The second kappa shape index (κ2) is 8.71. The smallest absolute Gasteiger partial charge is 0.264 e. The van der Waals surface area contributed by atoms with Crippen LogP contribution in [0.2, 0.25) is 0 Å². The van der Waals surface area contributed by atoms with E-state index in [0.29, 0.717) is 49.5 Å². The van der Waals surface area contributed by atoms with Crippen LogP contribution in [0.15, 0.2) is 54.6 Å². The summed E-state index contributed by atoms with van der Waals surface area (Å²) in [6.45, 7) is 3.24. The molecule has 29 heavy (non-hydrogen) atoms. The Kier molecular flexibility index (Phi) is 5.87. The average molecular weight is 412 g/mol. The van der Waals surface area contributed by atoms with Gasteiger partial charge in [-0.15, -0.1) is 11.3 Å². The van der Waals surface area contributed by atoms with Gasteiger partial charge in [0.1, 0.15) is 5.82 Å². The number of carbonyl (C=O) groups excluding carboxylic acids is 2. The van der Waals surface area contributed by atoms with E-state index in [9.17, 15) is 14.0 Å². The first kappa shape index (κ1) is 19.5. The fraction of sp³-hybridized carbons (Fsp3) is 0.273. The fourth-order valence-corrected chi connectivity index (χ4v) is 4.49. The number of benzene rings is 2. The number of thiophene rings is 1. The molecule has 0 aliphatic carbocycles. The van der Waals surface area contributed by atoms with Gasteiger partial charge in [0.2, 0.25) is 5.91 Å². The molecule has 0 atom stereocenters. The third-order valence-electron chi connectivity index (χ3n) is 5.08. The van der Waals surface area contributed by atoms with E-state index in [4.69, 9.17) is 0 Å². The van der Waals surface area contributed by atoms with Crippen molar-refractivity contribution >= 4 is 33.2 Å². The molecule has 1 saturated heterocycles. The van der Waals surface area contributed by atoms with Crippen LogP contribution in [0, 0.1) is 5.82 Å². The zero-order chi connectivity index (χ0) is 20.2. The lowest BCUT2D eigenvalue weighted by molar-refractivity contribution is -0.122. The maximum atomic E-state index is 13.9. The summed E-state index contributed by atoms with van der Waals surface area (Å²) in [5.41, 5.74) is 1.07. The topological polar surface area (TPSA) is 52.7 Å². The Morgan fingerprint density at radius 2 is 1.76 bits per heavy atom. The lowest BCUT2D eigenvalue weighted by atomic mass is 10.2. The molecule has 150 valence electrons. The van der Waals surface area contributed by atoms with Crippen LogP contribution in [-0.2, 0) is 11.3 Å². The molecule has 3 aromatic rings. The molecule has 1 N–H and O–H groups in total. The highest BCUT2D eigenvalue weighted by Crippen LogP contribution is 2.28. The van der Waals surface area contributed by atoms with Gasteiger partial charge in [0, 0.05) is 42.8 Å². The minimum absolute atomic E-state index is 0.0198. The van der Waals surface area contributed by atoms with Gasteiger partial charge in [0.15, 0.2) is 0 Å². The third kappa shape index (κ3) is 4.63. The van der Waals surface area contributed by atoms with E-state index in [0.717, 1.165) is 10.3 Å². The molecule has 7 heteroatoms. The Morgan fingerprint density at radius 3 is 2.48 bits per heavy atom. The Labute approximate surface area is 172 Å². The minimum Gasteiger partial charge on any atom is -0.351 e. The second-order valence-electron chi connectivity index (χ2n) is 7.09. The van der Waals surface area contributed by atoms with E-state index in [1.165, 1.54) is 17.4 Å². The summed E-state index contributed by atoms with van der Waals surface area (Å²) in [5.74, 6) is -0.392. The third-order valence-corrected chi connectivity index (χ3v) is 6.17. The van der Waals surface area contributed by atoms with Crippen LogP contribution >= 0.6 is 11.3 Å². The number of amides is 2. The van der Waals surface area contributed by atoms with Crippen molar-refractivity contribution in [2.75, 3.05) is 32.7 Å². The Hall–Kier alpha value is -2.77. The number of rotatable bonds is 5. The van der Waals surface area contributed by atoms with Crippen LogP contribution in [0.1, 0.15) is 15.2 Å². The molecule has 5 nitrogen and oxygen atoms in total. The molecule has 2 aromatic carbocycles. The summed E-state index contributed by atoms with van der Waals surface area (Å²) in [5, 5.41) is 3.43. The molecule has 2 amide bonds. The number of fused-ring (bicyclic) bond motifs is 1.